The number of fused-ring (bicyclic) bond motifs is 3. The zero-order valence-electron chi connectivity index (χ0n) is 20.9. The minimum absolute atomic E-state index is 0.146. The van der Waals surface area contributed by atoms with Crippen molar-refractivity contribution in [1.29, 1.82) is 0 Å². The predicted octanol–water partition coefficient (Wildman–Crippen LogP) is 7.09. The third-order valence-corrected chi connectivity index (χ3v) is 5.81. The van der Waals surface area contributed by atoms with Gasteiger partial charge in [-0.05, 0) is 64.4 Å². The highest BCUT2D eigenvalue weighted by Gasteiger charge is 2.26. The number of aromatic amines is 1. The zero-order valence-corrected chi connectivity index (χ0v) is 20.9. The number of ether oxygens (including phenoxy) is 1. The summed E-state index contributed by atoms with van der Waals surface area (Å²) in [6.45, 7) is 13.8. The molecule has 2 N–H and O–H groups in total. The average Bonchev–Trinajstić information content (AvgIpc) is 3.15. The number of para-hydroxylation sites is 1. The Hall–Kier alpha value is -3.60. The van der Waals surface area contributed by atoms with E-state index in [0.717, 1.165) is 0 Å². The summed E-state index contributed by atoms with van der Waals surface area (Å²) >= 11 is 0. The van der Waals surface area contributed by atoms with Crippen molar-refractivity contribution in [2.75, 3.05) is 7.11 Å². The summed E-state index contributed by atoms with van der Waals surface area (Å²) in [5, 5.41) is 11.2. The monoisotopic (exact) mass is 459 g/mol. The van der Waals surface area contributed by atoms with Gasteiger partial charge >= 0.3 is 11.9 Å². The Labute approximate surface area is 200 Å². The number of hydrogen-bond acceptors (Lipinski definition) is 3. The van der Waals surface area contributed by atoms with Gasteiger partial charge < -0.3 is 14.8 Å². The Kier molecular flexibility index (Phi) is 6.87. The Balaban J connectivity index is 0.000000215. The number of carboxylic acid groups (broad SMARTS) is 1. The normalized spacial score (nSPS) is 11.7. The van der Waals surface area contributed by atoms with Crippen LogP contribution in [0.15, 0.2) is 60.7 Å². The van der Waals surface area contributed by atoms with E-state index in [0.29, 0.717) is 5.56 Å². The molecule has 0 bridgehead atoms. The molecule has 0 saturated carbocycles. The number of rotatable bonds is 2. The molecule has 0 fully saturated rings. The fourth-order valence-electron chi connectivity index (χ4n) is 4.01. The van der Waals surface area contributed by atoms with E-state index in [4.69, 9.17) is 5.11 Å². The van der Waals surface area contributed by atoms with Crippen LogP contribution in [0.2, 0.25) is 0 Å². The lowest BCUT2D eigenvalue weighted by molar-refractivity contribution is 0.0598. The second-order valence-corrected chi connectivity index (χ2v) is 10.5. The quantitative estimate of drug-likeness (QED) is 0.314. The number of benzene rings is 3. The lowest BCUT2D eigenvalue weighted by atomic mass is 9.75. The van der Waals surface area contributed by atoms with E-state index in [-0.39, 0.29) is 16.4 Å². The van der Waals surface area contributed by atoms with Crippen molar-refractivity contribution in [2.45, 2.75) is 52.4 Å². The largest absolute Gasteiger partial charge is 0.478 e. The van der Waals surface area contributed by atoms with Gasteiger partial charge in [-0.25, -0.2) is 9.59 Å². The molecular weight excluding hydrogens is 426 g/mol. The van der Waals surface area contributed by atoms with Gasteiger partial charge in [0.2, 0.25) is 0 Å². The van der Waals surface area contributed by atoms with Crippen LogP contribution >= 0.6 is 0 Å². The first-order valence-corrected chi connectivity index (χ1v) is 11.3. The SMILES string of the molecule is CC(C)(C)c1cc2[nH]c3ccccc3c2cc1C(C)(C)C.COC(=O)c1ccc(C(=O)O)cc1. The van der Waals surface area contributed by atoms with Crippen LogP contribution in [-0.2, 0) is 15.6 Å². The number of esters is 1. The third-order valence-electron chi connectivity index (χ3n) is 5.81. The maximum Gasteiger partial charge on any atom is 0.337 e. The lowest BCUT2D eigenvalue weighted by Gasteiger charge is -2.30. The zero-order chi connectivity index (χ0) is 25.3. The molecule has 5 nitrogen and oxygen atoms in total. The van der Waals surface area contributed by atoms with Gasteiger partial charge in [0.15, 0.2) is 0 Å². The topological polar surface area (TPSA) is 79.4 Å². The molecule has 0 aliphatic heterocycles. The number of carboxylic acids is 1. The molecule has 0 radical (unpaired) electrons. The molecule has 1 aromatic heterocycles. The number of H-pyrrole nitrogens is 1. The van der Waals surface area contributed by atoms with Gasteiger partial charge in [-0.15, -0.1) is 0 Å². The highest BCUT2D eigenvalue weighted by Crippen LogP contribution is 2.38. The van der Waals surface area contributed by atoms with Gasteiger partial charge in [0.25, 0.3) is 0 Å². The summed E-state index contributed by atoms with van der Waals surface area (Å²) in [6, 6.07) is 18.9. The highest BCUT2D eigenvalue weighted by atomic mass is 16.5. The molecule has 34 heavy (non-hydrogen) atoms. The minimum Gasteiger partial charge on any atom is -0.478 e. The van der Waals surface area contributed by atoms with Crippen LogP contribution in [0.3, 0.4) is 0 Å². The van der Waals surface area contributed by atoms with E-state index < -0.39 is 11.9 Å². The van der Waals surface area contributed by atoms with E-state index in [2.05, 4.69) is 87.7 Å². The molecule has 4 rings (SSSR count). The van der Waals surface area contributed by atoms with Crippen LogP contribution in [0, 0.1) is 0 Å². The van der Waals surface area contributed by atoms with Crippen LogP contribution in [0.5, 0.6) is 0 Å². The van der Waals surface area contributed by atoms with Gasteiger partial charge in [-0.3, -0.25) is 0 Å². The van der Waals surface area contributed by atoms with Crippen molar-refractivity contribution in [2.24, 2.45) is 0 Å². The number of methoxy groups -OCH3 is 1. The number of carbonyl (C=O) groups excluding carboxylic acids is 1. The highest BCUT2D eigenvalue weighted by molar-refractivity contribution is 6.07. The smallest absolute Gasteiger partial charge is 0.337 e. The molecule has 0 saturated heterocycles. The number of aromatic carboxylic acids is 1. The Morgan fingerprint density at radius 3 is 1.79 bits per heavy atom. The summed E-state index contributed by atoms with van der Waals surface area (Å²) < 4.78 is 4.45. The third kappa shape index (κ3) is 5.30. The van der Waals surface area contributed by atoms with Crippen LogP contribution in [0.1, 0.15) is 73.4 Å². The molecular formula is C29H33NO4. The van der Waals surface area contributed by atoms with E-state index in [9.17, 15) is 9.59 Å². The van der Waals surface area contributed by atoms with Crippen molar-refractivity contribution < 1.29 is 19.4 Å². The molecule has 4 aromatic rings. The van der Waals surface area contributed by atoms with Crippen LogP contribution in [0.4, 0.5) is 0 Å². The van der Waals surface area contributed by atoms with Crippen LogP contribution < -0.4 is 0 Å². The Bertz CT molecular complexity index is 1330. The molecule has 0 spiro atoms. The van der Waals surface area contributed by atoms with Gasteiger partial charge in [-0.2, -0.15) is 0 Å². The van der Waals surface area contributed by atoms with Gasteiger partial charge in [0.1, 0.15) is 0 Å². The molecule has 0 aliphatic carbocycles. The van der Waals surface area contributed by atoms with Gasteiger partial charge in [-0.1, -0.05) is 59.7 Å². The van der Waals surface area contributed by atoms with Crippen molar-refractivity contribution in [3.8, 4) is 0 Å². The molecule has 1 heterocycles. The average molecular weight is 460 g/mol. The first-order valence-electron chi connectivity index (χ1n) is 11.3. The molecule has 0 atom stereocenters. The summed E-state index contributed by atoms with van der Waals surface area (Å²) in [5.41, 5.74) is 6.14. The Morgan fingerprint density at radius 2 is 1.26 bits per heavy atom. The maximum absolute atomic E-state index is 10.9. The second-order valence-electron chi connectivity index (χ2n) is 10.5. The molecule has 5 heteroatoms. The number of carbonyl (C=O) groups is 2. The molecule has 3 aromatic carbocycles. The second kappa shape index (κ2) is 9.34. The van der Waals surface area contributed by atoms with Crippen molar-refractivity contribution >= 4 is 33.7 Å². The standard InChI is InChI=1S/C20H25N.C9H8O4/c1-19(2,3)15-11-14-13-9-7-8-10-17(13)21-18(14)12-16(15)20(4,5)6;1-13-9(12)7-4-2-6(3-5-7)8(10)11/h7-12,21H,1-6H3;2-5H,1H3,(H,10,11). The van der Waals surface area contributed by atoms with Crippen molar-refractivity contribution in [3.05, 3.63) is 82.9 Å². The molecule has 178 valence electrons. The summed E-state index contributed by atoms with van der Waals surface area (Å²) in [6.07, 6.45) is 0. The number of hydrogen-bond donors (Lipinski definition) is 2. The fourth-order valence-corrected chi connectivity index (χ4v) is 4.01. The predicted molar refractivity (Wildman–Crippen MR) is 138 cm³/mol. The first kappa shape index (κ1) is 25.0. The summed E-state index contributed by atoms with van der Waals surface area (Å²) in [4.78, 5) is 24.9. The van der Waals surface area contributed by atoms with Crippen LogP contribution in [0.25, 0.3) is 21.8 Å². The number of aromatic nitrogens is 1. The lowest BCUT2D eigenvalue weighted by Crippen LogP contribution is -2.21. The van der Waals surface area contributed by atoms with E-state index in [1.54, 1.807) is 0 Å². The van der Waals surface area contributed by atoms with Crippen molar-refractivity contribution in [1.82, 2.24) is 4.98 Å². The Morgan fingerprint density at radius 1 is 0.735 bits per heavy atom. The molecule has 0 unspecified atom stereocenters. The summed E-state index contributed by atoms with van der Waals surface area (Å²) in [7, 11) is 1.27. The molecule has 0 amide bonds. The van der Waals surface area contributed by atoms with Gasteiger partial charge in [0, 0.05) is 21.8 Å². The fraction of sp³-hybridized carbons (Fsp3) is 0.310. The van der Waals surface area contributed by atoms with E-state index >= 15 is 0 Å². The number of nitrogens with one attached hydrogen (secondary N) is 1. The summed E-state index contributed by atoms with van der Waals surface area (Å²) in [5.74, 6) is -1.49. The maximum atomic E-state index is 10.9. The van der Waals surface area contributed by atoms with Crippen LogP contribution in [-0.4, -0.2) is 29.1 Å². The van der Waals surface area contributed by atoms with Crippen molar-refractivity contribution in [3.63, 3.8) is 0 Å². The first-order chi connectivity index (χ1) is 15.8. The van der Waals surface area contributed by atoms with E-state index in [1.807, 2.05) is 0 Å². The van der Waals surface area contributed by atoms with Gasteiger partial charge in [0.05, 0.1) is 18.2 Å². The molecule has 0 aliphatic rings. The minimum atomic E-state index is -1.02. The van der Waals surface area contributed by atoms with E-state index in [1.165, 1.54) is 64.3 Å².